The first kappa shape index (κ1) is 15.1. The minimum Gasteiger partial charge on any atom is -0.293 e. The number of ketones is 1. The quantitative estimate of drug-likeness (QED) is 0.779. The Morgan fingerprint density at radius 1 is 1.15 bits per heavy atom. The monoisotopic (exact) mass is 350 g/mol. The van der Waals surface area contributed by atoms with Crippen LogP contribution < -0.4 is 0 Å². The maximum absolute atomic E-state index is 12.3. The molecule has 0 bridgehead atoms. The molecule has 0 aromatic heterocycles. The molecule has 4 heteroatoms. The van der Waals surface area contributed by atoms with E-state index in [4.69, 9.17) is 0 Å². The van der Waals surface area contributed by atoms with Crippen molar-refractivity contribution in [2.75, 3.05) is 5.75 Å². The van der Waals surface area contributed by atoms with Crippen LogP contribution in [-0.4, -0.2) is 15.7 Å². The first-order valence-corrected chi connectivity index (χ1v) is 8.33. The Kier molecular flexibility index (Phi) is 4.89. The van der Waals surface area contributed by atoms with Gasteiger partial charge in [0.25, 0.3) is 0 Å². The molecule has 104 valence electrons. The molecule has 2 aromatic rings. The molecule has 0 saturated carbocycles. The molecular weight excluding hydrogens is 336 g/mol. The first-order valence-electron chi connectivity index (χ1n) is 6.22. The third kappa shape index (κ3) is 3.64. The Hall–Kier alpha value is -1.26. The van der Waals surface area contributed by atoms with Gasteiger partial charge in [0.05, 0.1) is 16.6 Å². The molecule has 0 fully saturated rings. The summed E-state index contributed by atoms with van der Waals surface area (Å²) in [6.45, 7) is 3.91. The highest BCUT2D eigenvalue weighted by Crippen LogP contribution is 2.17. The molecule has 0 spiro atoms. The number of carbonyl (C=O) groups is 1. The predicted octanol–water partition coefficient (Wildman–Crippen LogP) is 4.06. The normalized spacial score (nSPS) is 12.2. The molecule has 0 N–H and O–H groups in total. The average Bonchev–Trinajstić information content (AvgIpc) is 2.38. The van der Waals surface area contributed by atoms with Gasteiger partial charge in [0.15, 0.2) is 5.78 Å². The second-order valence-electron chi connectivity index (χ2n) is 4.69. The lowest BCUT2D eigenvalue weighted by atomic mass is 10.1. The topological polar surface area (TPSA) is 34.1 Å². The van der Waals surface area contributed by atoms with E-state index in [1.54, 1.807) is 18.2 Å². The summed E-state index contributed by atoms with van der Waals surface area (Å²) < 4.78 is 13.2. The number of benzene rings is 2. The number of Topliss-reactive ketones (excluding diaryl/α,β-unsaturated/α-hetero) is 1. The average molecular weight is 351 g/mol. The van der Waals surface area contributed by atoms with Crippen molar-refractivity contribution >= 4 is 32.5 Å². The number of aryl methyl sites for hydroxylation is 2. The van der Waals surface area contributed by atoms with E-state index in [0.717, 1.165) is 20.5 Å². The zero-order valence-electron chi connectivity index (χ0n) is 11.4. The fraction of sp³-hybridized carbons (Fsp3) is 0.188. The number of carbonyl (C=O) groups excluding carboxylic acids is 1. The molecule has 0 aliphatic carbocycles. The SMILES string of the molecule is Cc1ccc(S(=O)CC(=O)c2cccc(Br)c2)c(C)c1. The fourth-order valence-electron chi connectivity index (χ4n) is 2.00. The van der Waals surface area contributed by atoms with E-state index in [9.17, 15) is 9.00 Å². The standard InChI is InChI=1S/C16H15BrO2S/c1-11-6-7-16(12(2)8-11)20(19)10-15(18)13-4-3-5-14(17)9-13/h3-9H,10H2,1-2H3. The smallest absolute Gasteiger partial charge is 0.175 e. The van der Waals surface area contributed by atoms with E-state index in [1.807, 2.05) is 38.1 Å². The Bertz CT molecular complexity index is 680. The van der Waals surface area contributed by atoms with E-state index in [-0.39, 0.29) is 11.5 Å². The third-order valence-electron chi connectivity index (χ3n) is 2.98. The second-order valence-corrected chi connectivity index (χ2v) is 7.03. The minimum atomic E-state index is -1.31. The summed E-state index contributed by atoms with van der Waals surface area (Å²) in [5.74, 6) is -0.0926. The summed E-state index contributed by atoms with van der Waals surface area (Å²) in [4.78, 5) is 12.9. The van der Waals surface area contributed by atoms with E-state index in [2.05, 4.69) is 15.9 Å². The van der Waals surface area contributed by atoms with Gasteiger partial charge in [-0.2, -0.15) is 0 Å². The van der Waals surface area contributed by atoms with Crippen molar-refractivity contribution in [3.63, 3.8) is 0 Å². The van der Waals surface area contributed by atoms with E-state index < -0.39 is 10.8 Å². The van der Waals surface area contributed by atoms with Gasteiger partial charge in [0, 0.05) is 14.9 Å². The van der Waals surface area contributed by atoms with Crippen molar-refractivity contribution in [1.29, 1.82) is 0 Å². The fourth-order valence-corrected chi connectivity index (χ4v) is 3.59. The summed E-state index contributed by atoms with van der Waals surface area (Å²) >= 11 is 3.33. The lowest BCUT2D eigenvalue weighted by Crippen LogP contribution is -2.12. The molecule has 0 radical (unpaired) electrons. The number of hydrogen-bond acceptors (Lipinski definition) is 2. The zero-order chi connectivity index (χ0) is 14.7. The minimum absolute atomic E-state index is 0.0142. The van der Waals surface area contributed by atoms with E-state index >= 15 is 0 Å². The molecule has 1 atom stereocenters. The van der Waals surface area contributed by atoms with Gasteiger partial charge in [-0.1, -0.05) is 45.8 Å². The molecule has 0 aliphatic heterocycles. The van der Waals surface area contributed by atoms with Crippen molar-refractivity contribution in [2.45, 2.75) is 18.7 Å². The van der Waals surface area contributed by atoms with Crippen LogP contribution in [0.3, 0.4) is 0 Å². The van der Waals surface area contributed by atoms with Crippen LogP contribution in [0.2, 0.25) is 0 Å². The van der Waals surface area contributed by atoms with Gasteiger partial charge in [-0.3, -0.25) is 9.00 Å². The van der Waals surface area contributed by atoms with Gasteiger partial charge >= 0.3 is 0 Å². The van der Waals surface area contributed by atoms with Gasteiger partial charge in [-0.25, -0.2) is 0 Å². The molecule has 0 aliphatic rings. The Morgan fingerprint density at radius 2 is 1.90 bits per heavy atom. The molecule has 0 heterocycles. The first-order chi connectivity index (χ1) is 9.47. The third-order valence-corrected chi connectivity index (χ3v) is 4.95. The summed E-state index contributed by atoms with van der Waals surface area (Å²) in [5.41, 5.74) is 2.67. The predicted molar refractivity (Wildman–Crippen MR) is 85.7 cm³/mol. The van der Waals surface area contributed by atoms with Gasteiger partial charge < -0.3 is 0 Å². The summed E-state index contributed by atoms with van der Waals surface area (Å²) in [6, 6.07) is 12.9. The van der Waals surface area contributed by atoms with Crippen molar-refractivity contribution < 1.29 is 9.00 Å². The molecule has 20 heavy (non-hydrogen) atoms. The van der Waals surface area contributed by atoms with Gasteiger partial charge in [0.2, 0.25) is 0 Å². The maximum atomic E-state index is 12.3. The molecule has 2 aromatic carbocycles. The van der Waals surface area contributed by atoms with Gasteiger partial charge in [0.1, 0.15) is 0 Å². The van der Waals surface area contributed by atoms with Crippen molar-refractivity contribution in [2.24, 2.45) is 0 Å². The molecule has 2 rings (SSSR count). The van der Waals surface area contributed by atoms with Gasteiger partial charge in [-0.15, -0.1) is 0 Å². The summed E-state index contributed by atoms with van der Waals surface area (Å²) in [5, 5.41) is 0. The lowest BCUT2D eigenvalue weighted by molar-refractivity contribution is 0.102. The molecule has 0 amide bonds. The summed E-state index contributed by atoms with van der Waals surface area (Å²) in [7, 11) is -1.31. The van der Waals surface area contributed by atoms with Crippen LogP contribution in [0, 0.1) is 13.8 Å². The van der Waals surface area contributed by atoms with Crippen LogP contribution in [-0.2, 0) is 10.8 Å². The largest absolute Gasteiger partial charge is 0.293 e. The van der Waals surface area contributed by atoms with Crippen LogP contribution in [0.25, 0.3) is 0 Å². The van der Waals surface area contributed by atoms with E-state index in [0.29, 0.717) is 5.56 Å². The highest BCUT2D eigenvalue weighted by Gasteiger charge is 2.14. The second kappa shape index (κ2) is 6.46. The van der Waals surface area contributed by atoms with Crippen LogP contribution in [0.4, 0.5) is 0 Å². The van der Waals surface area contributed by atoms with Crippen LogP contribution >= 0.6 is 15.9 Å². The molecular formula is C16H15BrO2S. The van der Waals surface area contributed by atoms with Crippen LogP contribution in [0.15, 0.2) is 51.8 Å². The summed E-state index contributed by atoms with van der Waals surface area (Å²) in [6.07, 6.45) is 0. The highest BCUT2D eigenvalue weighted by atomic mass is 79.9. The molecule has 0 saturated heterocycles. The molecule has 2 nitrogen and oxygen atoms in total. The Labute approximate surface area is 129 Å². The van der Waals surface area contributed by atoms with Crippen molar-refractivity contribution in [3.8, 4) is 0 Å². The number of halogens is 1. The molecule has 1 unspecified atom stereocenters. The number of rotatable bonds is 4. The Morgan fingerprint density at radius 3 is 2.55 bits per heavy atom. The number of hydrogen-bond donors (Lipinski definition) is 0. The maximum Gasteiger partial charge on any atom is 0.175 e. The lowest BCUT2D eigenvalue weighted by Gasteiger charge is -2.07. The van der Waals surface area contributed by atoms with Crippen molar-refractivity contribution in [3.05, 3.63) is 63.6 Å². The van der Waals surface area contributed by atoms with Crippen LogP contribution in [0.1, 0.15) is 21.5 Å². The Balaban J connectivity index is 2.17. The van der Waals surface area contributed by atoms with Gasteiger partial charge in [-0.05, 0) is 37.6 Å². The van der Waals surface area contributed by atoms with Crippen molar-refractivity contribution in [1.82, 2.24) is 0 Å². The van der Waals surface area contributed by atoms with Crippen LogP contribution in [0.5, 0.6) is 0 Å². The zero-order valence-corrected chi connectivity index (χ0v) is 13.8. The highest BCUT2D eigenvalue weighted by molar-refractivity contribution is 9.10. The van der Waals surface area contributed by atoms with E-state index in [1.165, 1.54) is 0 Å².